The van der Waals surface area contributed by atoms with Gasteiger partial charge in [0.05, 0.1) is 5.92 Å². The summed E-state index contributed by atoms with van der Waals surface area (Å²) in [6, 6.07) is 6.70. The molecule has 0 aliphatic heterocycles. The van der Waals surface area contributed by atoms with Crippen LogP contribution in [0.3, 0.4) is 0 Å². The fourth-order valence-electron chi connectivity index (χ4n) is 2.11. The summed E-state index contributed by atoms with van der Waals surface area (Å²) in [6.07, 6.45) is 2.71. The van der Waals surface area contributed by atoms with Gasteiger partial charge in [0, 0.05) is 12.5 Å². The van der Waals surface area contributed by atoms with Gasteiger partial charge in [-0.05, 0) is 30.9 Å². The topological polar surface area (TPSA) is 64.9 Å². The Morgan fingerprint density at radius 1 is 1.32 bits per heavy atom. The number of hydrogen-bond acceptors (Lipinski definition) is 4. The van der Waals surface area contributed by atoms with Crippen molar-refractivity contribution in [2.45, 2.75) is 31.1 Å². The average Bonchev–Trinajstić information content (AvgIpc) is 3.16. The Morgan fingerprint density at radius 3 is 2.79 bits per heavy atom. The first kappa shape index (κ1) is 12.3. The highest BCUT2D eigenvalue weighted by molar-refractivity contribution is 5.19. The van der Waals surface area contributed by atoms with Crippen molar-refractivity contribution >= 4 is 0 Å². The van der Waals surface area contributed by atoms with Gasteiger partial charge in [-0.15, -0.1) is 10.2 Å². The maximum absolute atomic E-state index is 13.6. The number of nitrogens with zero attached hydrogens (tertiary/aromatic N) is 2. The maximum atomic E-state index is 13.6. The van der Waals surface area contributed by atoms with E-state index >= 15 is 0 Å². The number of halogens is 1. The van der Waals surface area contributed by atoms with Crippen LogP contribution in [0, 0.1) is 5.82 Å². The van der Waals surface area contributed by atoms with Crippen LogP contribution in [0.2, 0.25) is 0 Å². The monoisotopic (exact) mass is 261 g/mol. The molecule has 0 saturated heterocycles. The summed E-state index contributed by atoms with van der Waals surface area (Å²) in [5.41, 5.74) is 6.38. The van der Waals surface area contributed by atoms with Gasteiger partial charge < -0.3 is 10.2 Å². The Balaban J connectivity index is 1.77. The third kappa shape index (κ3) is 2.66. The van der Waals surface area contributed by atoms with Gasteiger partial charge >= 0.3 is 0 Å². The van der Waals surface area contributed by atoms with Crippen LogP contribution in [-0.4, -0.2) is 16.7 Å². The van der Waals surface area contributed by atoms with Crippen molar-refractivity contribution in [3.05, 3.63) is 47.4 Å². The zero-order valence-corrected chi connectivity index (χ0v) is 10.6. The summed E-state index contributed by atoms with van der Waals surface area (Å²) < 4.78 is 19.3. The SMILES string of the molecule is NCC(Cc1ccccc1F)c1nnc(C2CC2)o1. The van der Waals surface area contributed by atoms with E-state index in [1.54, 1.807) is 12.1 Å². The van der Waals surface area contributed by atoms with Crippen molar-refractivity contribution in [2.75, 3.05) is 6.54 Å². The fraction of sp³-hybridized carbons (Fsp3) is 0.429. The molecular weight excluding hydrogens is 245 g/mol. The van der Waals surface area contributed by atoms with E-state index in [0.717, 1.165) is 12.8 Å². The lowest BCUT2D eigenvalue weighted by Crippen LogP contribution is -2.16. The van der Waals surface area contributed by atoms with E-state index in [2.05, 4.69) is 10.2 Å². The van der Waals surface area contributed by atoms with E-state index in [1.807, 2.05) is 6.07 Å². The molecule has 2 aromatic rings. The molecule has 0 spiro atoms. The first-order chi connectivity index (χ1) is 9.28. The number of rotatable bonds is 5. The van der Waals surface area contributed by atoms with Crippen LogP contribution in [-0.2, 0) is 6.42 Å². The average molecular weight is 261 g/mol. The van der Waals surface area contributed by atoms with E-state index in [4.69, 9.17) is 10.2 Å². The Kier molecular flexibility index (Phi) is 3.29. The van der Waals surface area contributed by atoms with Crippen LogP contribution < -0.4 is 5.73 Å². The first-order valence-electron chi connectivity index (χ1n) is 6.54. The lowest BCUT2D eigenvalue weighted by molar-refractivity contribution is 0.413. The Hall–Kier alpha value is -1.75. The second-order valence-corrected chi connectivity index (χ2v) is 4.98. The number of benzene rings is 1. The van der Waals surface area contributed by atoms with E-state index in [-0.39, 0.29) is 11.7 Å². The highest BCUT2D eigenvalue weighted by Gasteiger charge is 2.30. The zero-order chi connectivity index (χ0) is 13.2. The molecule has 1 aliphatic carbocycles. The van der Waals surface area contributed by atoms with Gasteiger partial charge in [-0.25, -0.2) is 4.39 Å². The fourth-order valence-corrected chi connectivity index (χ4v) is 2.11. The zero-order valence-electron chi connectivity index (χ0n) is 10.6. The molecule has 5 heteroatoms. The molecule has 1 aromatic carbocycles. The van der Waals surface area contributed by atoms with Crippen molar-refractivity contribution in [3.63, 3.8) is 0 Å². The van der Waals surface area contributed by atoms with Crippen LogP contribution >= 0.6 is 0 Å². The van der Waals surface area contributed by atoms with Crippen molar-refractivity contribution in [1.82, 2.24) is 10.2 Å². The summed E-state index contributed by atoms with van der Waals surface area (Å²) in [4.78, 5) is 0. The van der Waals surface area contributed by atoms with Crippen molar-refractivity contribution in [3.8, 4) is 0 Å². The number of hydrogen-bond donors (Lipinski definition) is 1. The molecule has 3 rings (SSSR count). The number of nitrogens with two attached hydrogens (primary N) is 1. The Bertz CT molecular complexity index is 565. The molecule has 0 amide bonds. The summed E-state index contributed by atoms with van der Waals surface area (Å²) >= 11 is 0. The molecule has 1 aromatic heterocycles. The molecule has 1 heterocycles. The van der Waals surface area contributed by atoms with Crippen LogP contribution in [0.15, 0.2) is 28.7 Å². The maximum Gasteiger partial charge on any atom is 0.221 e. The van der Waals surface area contributed by atoms with E-state index in [0.29, 0.717) is 36.2 Å². The Morgan fingerprint density at radius 2 is 2.11 bits per heavy atom. The predicted molar refractivity (Wildman–Crippen MR) is 68.2 cm³/mol. The van der Waals surface area contributed by atoms with Gasteiger partial charge in [-0.3, -0.25) is 0 Å². The summed E-state index contributed by atoms with van der Waals surface area (Å²) in [5.74, 6) is 1.29. The molecule has 2 N–H and O–H groups in total. The lowest BCUT2D eigenvalue weighted by Gasteiger charge is -2.10. The molecule has 1 saturated carbocycles. The van der Waals surface area contributed by atoms with Crippen molar-refractivity contribution in [1.29, 1.82) is 0 Å². The van der Waals surface area contributed by atoms with Crippen LogP contribution in [0.5, 0.6) is 0 Å². The quantitative estimate of drug-likeness (QED) is 0.897. The van der Waals surface area contributed by atoms with Gasteiger partial charge in [0.1, 0.15) is 5.82 Å². The van der Waals surface area contributed by atoms with Crippen LogP contribution in [0.1, 0.15) is 42.0 Å². The Labute approximate surface area is 110 Å². The predicted octanol–water partition coefficient (Wildman–Crippen LogP) is 2.37. The minimum Gasteiger partial charge on any atom is -0.425 e. The van der Waals surface area contributed by atoms with Gasteiger partial charge in [0.2, 0.25) is 11.8 Å². The molecule has 19 heavy (non-hydrogen) atoms. The molecule has 4 nitrogen and oxygen atoms in total. The van der Waals surface area contributed by atoms with E-state index in [1.165, 1.54) is 6.07 Å². The van der Waals surface area contributed by atoms with Crippen molar-refractivity contribution in [2.24, 2.45) is 5.73 Å². The molecule has 100 valence electrons. The van der Waals surface area contributed by atoms with Gasteiger partial charge in [0.25, 0.3) is 0 Å². The molecule has 0 bridgehead atoms. The highest BCUT2D eigenvalue weighted by Crippen LogP contribution is 2.39. The van der Waals surface area contributed by atoms with Crippen LogP contribution in [0.25, 0.3) is 0 Å². The lowest BCUT2D eigenvalue weighted by atomic mass is 9.99. The number of aromatic nitrogens is 2. The summed E-state index contributed by atoms with van der Waals surface area (Å²) in [7, 11) is 0. The summed E-state index contributed by atoms with van der Waals surface area (Å²) in [6.45, 7) is 0.362. The molecule has 1 fully saturated rings. The van der Waals surface area contributed by atoms with Gasteiger partial charge in [-0.1, -0.05) is 18.2 Å². The van der Waals surface area contributed by atoms with Crippen molar-refractivity contribution < 1.29 is 8.81 Å². The first-order valence-corrected chi connectivity index (χ1v) is 6.54. The summed E-state index contributed by atoms with van der Waals surface area (Å²) in [5, 5.41) is 8.10. The molecule has 1 atom stereocenters. The third-order valence-corrected chi connectivity index (χ3v) is 3.44. The van der Waals surface area contributed by atoms with Crippen LogP contribution in [0.4, 0.5) is 4.39 Å². The largest absolute Gasteiger partial charge is 0.425 e. The smallest absolute Gasteiger partial charge is 0.221 e. The van der Waals surface area contributed by atoms with Gasteiger partial charge in [0.15, 0.2) is 0 Å². The third-order valence-electron chi connectivity index (χ3n) is 3.44. The minimum atomic E-state index is -0.220. The normalized spacial score (nSPS) is 16.5. The molecule has 0 radical (unpaired) electrons. The molecule has 1 unspecified atom stereocenters. The van der Waals surface area contributed by atoms with E-state index < -0.39 is 0 Å². The minimum absolute atomic E-state index is 0.128. The molecular formula is C14H16FN3O. The second-order valence-electron chi connectivity index (χ2n) is 4.98. The second kappa shape index (κ2) is 5.09. The molecule has 1 aliphatic rings. The van der Waals surface area contributed by atoms with E-state index in [9.17, 15) is 4.39 Å². The standard InChI is InChI=1S/C14H16FN3O/c15-12-4-2-1-3-10(12)7-11(8-16)14-18-17-13(19-14)9-5-6-9/h1-4,9,11H,5-8,16H2. The highest BCUT2D eigenvalue weighted by atomic mass is 19.1. The van der Waals surface area contributed by atoms with Gasteiger partial charge in [-0.2, -0.15) is 0 Å².